The Bertz CT molecular complexity index is 147. The molecule has 0 spiro atoms. The molecule has 1 aliphatic rings. The summed E-state index contributed by atoms with van der Waals surface area (Å²) in [6, 6.07) is 1.51. The van der Waals surface area contributed by atoms with Crippen LogP contribution >= 0.6 is 0 Å². The zero-order valence-electron chi connectivity index (χ0n) is 10.1. The maximum atomic E-state index is 3.51. The molecule has 0 aromatic rings. The van der Waals surface area contributed by atoms with Gasteiger partial charge in [-0.3, -0.25) is 4.90 Å². The van der Waals surface area contributed by atoms with Crippen LogP contribution in [0.5, 0.6) is 0 Å². The molecule has 1 aliphatic heterocycles. The van der Waals surface area contributed by atoms with E-state index in [4.69, 9.17) is 0 Å². The number of hydrogen-bond acceptors (Lipinski definition) is 2. The van der Waals surface area contributed by atoms with E-state index in [1.54, 1.807) is 0 Å². The topological polar surface area (TPSA) is 15.3 Å². The van der Waals surface area contributed by atoms with E-state index in [0.29, 0.717) is 6.04 Å². The summed E-state index contributed by atoms with van der Waals surface area (Å²) in [5.41, 5.74) is 0. The van der Waals surface area contributed by atoms with Crippen LogP contribution in [0, 0.1) is 0 Å². The Kier molecular flexibility index (Phi) is 5.49. The number of unbranched alkanes of at least 4 members (excludes halogenated alkanes) is 1. The predicted molar refractivity (Wildman–Crippen MR) is 62.6 cm³/mol. The van der Waals surface area contributed by atoms with Gasteiger partial charge in [-0.05, 0) is 19.8 Å². The molecule has 1 saturated heterocycles. The second kappa shape index (κ2) is 6.41. The molecule has 0 radical (unpaired) electrons. The van der Waals surface area contributed by atoms with Gasteiger partial charge in [0.1, 0.15) is 0 Å². The third-order valence-corrected chi connectivity index (χ3v) is 3.28. The van der Waals surface area contributed by atoms with Gasteiger partial charge in [-0.2, -0.15) is 0 Å². The van der Waals surface area contributed by atoms with Crippen molar-refractivity contribution in [3.63, 3.8) is 0 Å². The first kappa shape index (κ1) is 12.0. The van der Waals surface area contributed by atoms with E-state index in [0.717, 1.165) is 6.04 Å². The maximum absolute atomic E-state index is 3.51. The second-order valence-corrected chi connectivity index (χ2v) is 4.55. The van der Waals surface area contributed by atoms with Gasteiger partial charge in [0.25, 0.3) is 0 Å². The Labute approximate surface area is 89.1 Å². The number of piperazine rings is 1. The van der Waals surface area contributed by atoms with Crippen LogP contribution in [0.2, 0.25) is 0 Å². The van der Waals surface area contributed by atoms with Crippen molar-refractivity contribution in [2.75, 3.05) is 19.6 Å². The molecule has 2 atom stereocenters. The van der Waals surface area contributed by atoms with Gasteiger partial charge in [0, 0.05) is 31.7 Å². The molecular formula is C12H26N2. The lowest BCUT2D eigenvalue weighted by molar-refractivity contribution is 0.136. The lowest BCUT2D eigenvalue weighted by Crippen LogP contribution is -2.52. The van der Waals surface area contributed by atoms with E-state index in [-0.39, 0.29) is 0 Å². The third-order valence-electron chi connectivity index (χ3n) is 3.28. The zero-order chi connectivity index (χ0) is 10.4. The van der Waals surface area contributed by atoms with Crippen LogP contribution in [0.25, 0.3) is 0 Å². The molecule has 2 unspecified atom stereocenters. The fourth-order valence-corrected chi connectivity index (χ4v) is 2.38. The largest absolute Gasteiger partial charge is 0.312 e. The van der Waals surface area contributed by atoms with E-state index < -0.39 is 0 Å². The van der Waals surface area contributed by atoms with Crippen molar-refractivity contribution in [3.8, 4) is 0 Å². The molecule has 0 aromatic carbocycles. The highest BCUT2D eigenvalue weighted by Crippen LogP contribution is 2.14. The van der Waals surface area contributed by atoms with Gasteiger partial charge in [0.05, 0.1) is 0 Å². The lowest BCUT2D eigenvalue weighted by Gasteiger charge is -2.37. The zero-order valence-corrected chi connectivity index (χ0v) is 10.1. The Morgan fingerprint density at radius 3 is 2.79 bits per heavy atom. The van der Waals surface area contributed by atoms with Crippen molar-refractivity contribution in [1.82, 2.24) is 10.2 Å². The van der Waals surface area contributed by atoms with Crippen molar-refractivity contribution in [1.29, 1.82) is 0 Å². The Hall–Kier alpha value is -0.0800. The summed E-state index contributed by atoms with van der Waals surface area (Å²) in [6.07, 6.45) is 5.42. The molecule has 1 fully saturated rings. The number of nitrogens with zero attached hydrogens (tertiary/aromatic N) is 1. The van der Waals surface area contributed by atoms with Crippen molar-refractivity contribution in [2.24, 2.45) is 0 Å². The average Bonchev–Trinajstić information content (AvgIpc) is 2.19. The van der Waals surface area contributed by atoms with Crippen LogP contribution in [-0.4, -0.2) is 36.6 Å². The average molecular weight is 198 g/mol. The summed E-state index contributed by atoms with van der Waals surface area (Å²) in [7, 11) is 0. The molecule has 2 heteroatoms. The van der Waals surface area contributed by atoms with Gasteiger partial charge >= 0.3 is 0 Å². The molecule has 1 heterocycles. The predicted octanol–water partition coefficient (Wildman–Crippen LogP) is 2.25. The molecule has 1 rings (SSSR count). The molecule has 14 heavy (non-hydrogen) atoms. The van der Waals surface area contributed by atoms with Crippen LogP contribution in [0.1, 0.15) is 46.5 Å². The highest BCUT2D eigenvalue weighted by Gasteiger charge is 2.21. The van der Waals surface area contributed by atoms with E-state index in [9.17, 15) is 0 Å². The normalized spacial score (nSPS) is 26.4. The fourth-order valence-electron chi connectivity index (χ4n) is 2.38. The summed E-state index contributed by atoms with van der Waals surface area (Å²) in [4.78, 5) is 2.68. The number of rotatable bonds is 5. The van der Waals surface area contributed by atoms with Gasteiger partial charge in [0.15, 0.2) is 0 Å². The molecule has 0 aliphatic carbocycles. The van der Waals surface area contributed by atoms with Crippen molar-refractivity contribution in [2.45, 2.75) is 58.5 Å². The van der Waals surface area contributed by atoms with Crippen molar-refractivity contribution in [3.05, 3.63) is 0 Å². The minimum Gasteiger partial charge on any atom is -0.312 e. The number of hydrogen-bond donors (Lipinski definition) is 1. The first-order valence-corrected chi connectivity index (χ1v) is 6.25. The molecule has 2 nitrogen and oxygen atoms in total. The fraction of sp³-hybridized carbons (Fsp3) is 1.00. The second-order valence-electron chi connectivity index (χ2n) is 4.55. The Morgan fingerprint density at radius 2 is 2.21 bits per heavy atom. The standard InChI is InChI=1S/C12H26N2/c1-4-6-7-12(5-2)14-9-8-13-11(3)10-14/h11-13H,4-10H2,1-3H3. The minimum atomic E-state index is 0.680. The Morgan fingerprint density at radius 1 is 1.43 bits per heavy atom. The summed E-state index contributed by atoms with van der Waals surface area (Å²) in [5, 5.41) is 3.51. The van der Waals surface area contributed by atoms with Gasteiger partial charge in [-0.1, -0.05) is 26.7 Å². The maximum Gasteiger partial charge on any atom is 0.0167 e. The van der Waals surface area contributed by atoms with Crippen LogP contribution in [0.15, 0.2) is 0 Å². The molecule has 1 N–H and O–H groups in total. The quantitative estimate of drug-likeness (QED) is 0.729. The highest BCUT2D eigenvalue weighted by atomic mass is 15.2. The third kappa shape index (κ3) is 3.58. The van der Waals surface area contributed by atoms with Gasteiger partial charge in [0.2, 0.25) is 0 Å². The van der Waals surface area contributed by atoms with Gasteiger partial charge < -0.3 is 5.32 Å². The van der Waals surface area contributed by atoms with Crippen LogP contribution in [0.4, 0.5) is 0 Å². The Balaban J connectivity index is 2.34. The van der Waals surface area contributed by atoms with E-state index in [1.165, 1.54) is 45.3 Å². The molecule has 0 saturated carbocycles. The molecule has 84 valence electrons. The summed E-state index contributed by atoms with van der Waals surface area (Å²) in [6.45, 7) is 10.6. The minimum absolute atomic E-state index is 0.680. The van der Waals surface area contributed by atoms with E-state index >= 15 is 0 Å². The smallest absolute Gasteiger partial charge is 0.0167 e. The van der Waals surface area contributed by atoms with Crippen LogP contribution < -0.4 is 5.32 Å². The molecule has 0 bridgehead atoms. The summed E-state index contributed by atoms with van der Waals surface area (Å²) in [5.74, 6) is 0. The monoisotopic (exact) mass is 198 g/mol. The first-order chi connectivity index (χ1) is 6.77. The van der Waals surface area contributed by atoms with Gasteiger partial charge in [-0.15, -0.1) is 0 Å². The molecule has 0 aromatic heterocycles. The highest BCUT2D eigenvalue weighted by molar-refractivity contribution is 4.80. The number of nitrogens with one attached hydrogen (secondary N) is 1. The van der Waals surface area contributed by atoms with Gasteiger partial charge in [-0.25, -0.2) is 0 Å². The van der Waals surface area contributed by atoms with Crippen LogP contribution in [0.3, 0.4) is 0 Å². The van der Waals surface area contributed by atoms with Crippen molar-refractivity contribution < 1.29 is 0 Å². The van der Waals surface area contributed by atoms with Crippen LogP contribution in [-0.2, 0) is 0 Å². The molecular weight excluding hydrogens is 172 g/mol. The lowest BCUT2D eigenvalue weighted by atomic mass is 10.0. The van der Waals surface area contributed by atoms with E-state index in [1.807, 2.05) is 0 Å². The van der Waals surface area contributed by atoms with E-state index in [2.05, 4.69) is 31.0 Å². The summed E-state index contributed by atoms with van der Waals surface area (Å²) >= 11 is 0. The SMILES string of the molecule is CCCCC(CC)N1CCNC(C)C1. The van der Waals surface area contributed by atoms with Crippen molar-refractivity contribution >= 4 is 0 Å². The first-order valence-electron chi connectivity index (χ1n) is 6.25. The molecule has 0 amide bonds. The summed E-state index contributed by atoms with van der Waals surface area (Å²) < 4.78 is 0.